The first-order valence-electron chi connectivity index (χ1n) is 15.3. The molecule has 0 aromatic heterocycles. The molecule has 8 bridgehead atoms. The van der Waals surface area contributed by atoms with Crippen LogP contribution in [0.3, 0.4) is 0 Å². The fourth-order valence-electron chi connectivity index (χ4n) is 10.7. The molecule has 10 rings (SSSR count). The summed E-state index contributed by atoms with van der Waals surface area (Å²) in [7, 11) is 0. The van der Waals surface area contributed by atoms with Crippen LogP contribution < -0.4 is 8.92 Å². The summed E-state index contributed by atoms with van der Waals surface area (Å²) in [4.78, 5) is 29.0. The topological polar surface area (TPSA) is 52.6 Å². The molecule has 0 spiro atoms. The molecule has 0 N–H and O–H groups in total. The van der Waals surface area contributed by atoms with Gasteiger partial charge in [0.2, 0.25) is 0 Å². The van der Waals surface area contributed by atoms with E-state index in [1.807, 2.05) is 60.7 Å². The van der Waals surface area contributed by atoms with Crippen LogP contribution >= 0.6 is 0 Å². The molecule has 0 amide bonds. The summed E-state index contributed by atoms with van der Waals surface area (Å²) in [6.07, 6.45) is 13.3. The first kappa shape index (κ1) is 24.7. The van der Waals surface area contributed by atoms with E-state index in [-0.39, 0.29) is 11.9 Å². The van der Waals surface area contributed by atoms with Gasteiger partial charge in [-0.15, -0.1) is 0 Å². The molecule has 8 aliphatic carbocycles. The number of hydrogen-bond acceptors (Lipinski definition) is 4. The number of carbonyl (C=O) groups excluding carboxylic acids is 2. The van der Waals surface area contributed by atoms with E-state index in [2.05, 4.69) is 0 Å². The van der Waals surface area contributed by atoms with Crippen molar-refractivity contribution < 1.29 is 17.2 Å². The molecule has 0 radical (unpaired) electrons. The van der Waals surface area contributed by atoms with Crippen molar-refractivity contribution in [2.24, 2.45) is 46.3 Å². The second kappa shape index (κ2) is 8.95. The molecule has 206 valence electrons. The van der Waals surface area contributed by atoms with Gasteiger partial charge in [0.05, 0.1) is 0 Å². The second-order valence-corrected chi connectivity index (χ2v) is 19.1. The van der Waals surface area contributed by atoms with Crippen LogP contribution in [-0.4, -0.2) is 25.4 Å². The Balaban J connectivity index is 1.20. The van der Waals surface area contributed by atoms with Crippen LogP contribution in [0.25, 0.3) is 0 Å². The standard InChI is InChI=1S/C34H40O4Se/c35-31(33-17-23-11-24(18-33)13-25(12-23)19-33)37-39(29-7-3-1-4-8-29,30-9-5-2-6-10-30)38-32(36)34-20-26-14-27(21-34)16-28(15-26)22-34/h1-10,23-28H,11-22H2. The molecule has 0 saturated heterocycles. The zero-order valence-corrected chi connectivity index (χ0v) is 24.5. The average molecular weight is 592 g/mol. The van der Waals surface area contributed by atoms with Gasteiger partial charge in [0, 0.05) is 0 Å². The zero-order valence-electron chi connectivity index (χ0n) is 22.8. The van der Waals surface area contributed by atoms with Gasteiger partial charge in [0.25, 0.3) is 0 Å². The van der Waals surface area contributed by atoms with Crippen molar-refractivity contribution in [3.63, 3.8) is 0 Å². The van der Waals surface area contributed by atoms with E-state index in [0.717, 1.165) is 47.4 Å². The van der Waals surface area contributed by atoms with Crippen molar-refractivity contribution in [1.29, 1.82) is 0 Å². The molecule has 2 aromatic rings. The molecule has 2 aromatic carbocycles. The van der Waals surface area contributed by atoms with Crippen LogP contribution in [0.2, 0.25) is 0 Å². The van der Waals surface area contributed by atoms with Gasteiger partial charge in [-0.3, -0.25) is 0 Å². The third-order valence-corrected chi connectivity index (χ3v) is 16.8. The summed E-state index contributed by atoms with van der Waals surface area (Å²) >= 11 is -3.94. The van der Waals surface area contributed by atoms with Gasteiger partial charge in [-0.05, 0) is 0 Å². The van der Waals surface area contributed by atoms with Crippen LogP contribution in [-0.2, 0) is 17.2 Å². The average Bonchev–Trinajstić information content (AvgIpc) is 2.92. The number of hydrogen-bond donors (Lipinski definition) is 0. The fraction of sp³-hybridized carbons (Fsp3) is 0.588. The Morgan fingerprint density at radius 2 is 0.795 bits per heavy atom. The van der Waals surface area contributed by atoms with Crippen molar-refractivity contribution in [3.05, 3.63) is 60.7 Å². The minimum atomic E-state index is -3.94. The SMILES string of the molecule is O=C(O[Se](OC(=O)C12CC3CC(CC(C3)C1)C2)(c1ccccc1)c1ccccc1)C12CC3CC(CC(C3)C1)C2. The van der Waals surface area contributed by atoms with Crippen LogP contribution in [0.4, 0.5) is 0 Å². The molecule has 4 nitrogen and oxygen atoms in total. The summed E-state index contributed by atoms with van der Waals surface area (Å²) < 4.78 is 15.5. The Kier molecular flexibility index (Phi) is 5.66. The van der Waals surface area contributed by atoms with E-state index < -0.39 is 24.3 Å². The number of rotatable bonds is 6. The fourth-order valence-corrected chi connectivity index (χ4v) is 15.9. The molecular formula is C34H40O4Se. The zero-order chi connectivity index (χ0) is 26.2. The first-order chi connectivity index (χ1) is 18.9. The molecule has 5 heteroatoms. The van der Waals surface area contributed by atoms with Crippen LogP contribution in [0.5, 0.6) is 0 Å². The molecule has 0 unspecified atom stereocenters. The molecule has 0 heterocycles. The molecule has 0 aliphatic heterocycles. The van der Waals surface area contributed by atoms with E-state index in [9.17, 15) is 9.59 Å². The van der Waals surface area contributed by atoms with E-state index in [4.69, 9.17) is 7.64 Å². The maximum atomic E-state index is 14.5. The predicted octanol–water partition coefficient (Wildman–Crippen LogP) is 5.76. The molecule has 8 fully saturated rings. The van der Waals surface area contributed by atoms with E-state index in [1.54, 1.807) is 0 Å². The van der Waals surface area contributed by atoms with Gasteiger partial charge in [0.15, 0.2) is 0 Å². The Labute approximate surface area is 235 Å². The summed E-state index contributed by atoms with van der Waals surface area (Å²) in [5.41, 5.74) is -0.817. The van der Waals surface area contributed by atoms with Crippen molar-refractivity contribution in [3.8, 4) is 0 Å². The monoisotopic (exact) mass is 592 g/mol. The van der Waals surface area contributed by atoms with Crippen LogP contribution in [0.1, 0.15) is 77.0 Å². The van der Waals surface area contributed by atoms with Gasteiger partial charge in [0.1, 0.15) is 0 Å². The van der Waals surface area contributed by atoms with E-state index >= 15 is 0 Å². The third kappa shape index (κ3) is 3.97. The van der Waals surface area contributed by atoms with E-state index in [1.165, 1.54) is 38.5 Å². The quantitative estimate of drug-likeness (QED) is 0.401. The second-order valence-electron chi connectivity index (χ2n) is 14.3. The van der Waals surface area contributed by atoms with Gasteiger partial charge in [-0.2, -0.15) is 0 Å². The van der Waals surface area contributed by atoms with Crippen molar-refractivity contribution in [2.45, 2.75) is 77.0 Å². The van der Waals surface area contributed by atoms with Crippen molar-refractivity contribution >= 4 is 34.4 Å². The predicted molar refractivity (Wildman–Crippen MR) is 151 cm³/mol. The van der Waals surface area contributed by atoms with Crippen LogP contribution in [0, 0.1) is 46.3 Å². The van der Waals surface area contributed by atoms with Gasteiger partial charge in [-0.1, -0.05) is 0 Å². The summed E-state index contributed by atoms with van der Waals surface area (Å²) in [5, 5.41) is 0. The van der Waals surface area contributed by atoms with Gasteiger partial charge < -0.3 is 0 Å². The Morgan fingerprint density at radius 1 is 0.513 bits per heavy atom. The number of carbonyl (C=O) groups is 2. The Bertz CT molecular complexity index is 1100. The Morgan fingerprint density at radius 3 is 1.08 bits per heavy atom. The first-order valence-corrected chi connectivity index (χ1v) is 18.5. The third-order valence-electron chi connectivity index (χ3n) is 11.4. The van der Waals surface area contributed by atoms with Gasteiger partial charge in [-0.25, -0.2) is 0 Å². The molecule has 8 saturated carbocycles. The van der Waals surface area contributed by atoms with Crippen LogP contribution in [0.15, 0.2) is 60.7 Å². The maximum absolute atomic E-state index is 14.5. The molecule has 8 aliphatic rings. The van der Waals surface area contributed by atoms with Crippen molar-refractivity contribution in [1.82, 2.24) is 0 Å². The Hall–Kier alpha value is -2.10. The molecule has 0 atom stereocenters. The van der Waals surface area contributed by atoms with Gasteiger partial charge >= 0.3 is 236 Å². The minimum absolute atomic E-state index is 0.0902. The summed E-state index contributed by atoms with van der Waals surface area (Å²) in [6.45, 7) is 0. The van der Waals surface area contributed by atoms with E-state index in [0.29, 0.717) is 35.5 Å². The van der Waals surface area contributed by atoms with Crippen molar-refractivity contribution in [2.75, 3.05) is 0 Å². The summed E-state index contributed by atoms with van der Waals surface area (Å²) in [6, 6.07) is 20.0. The summed E-state index contributed by atoms with van der Waals surface area (Å²) in [5.74, 6) is 3.68. The molecular weight excluding hydrogens is 551 g/mol. The number of benzene rings is 2. The molecule has 39 heavy (non-hydrogen) atoms. The normalized spacial score (nSPS) is 39.9.